The molecule has 0 heterocycles. The summed E-state index contributed by atoms with van der Waals surface area (Å²) in [5.74, 6) is 1.05. The van der Waals surface area contributed by atoms with Crippen molar-refractivity contribution in [2.75, 3.05) is 0 Å². The molecule has 0 radical (unpaired) electrons. The topological polar surface area (TPSA) is 121 Å². The van der Waals surface area contributed by atoms with Crippen LogP contribution in [0.3, 0.4) is 0 Å². The number of hydrogen-bond acceptors (Lipinski definition) is 6. The van der Waals surface area contributed by atoms with Gasteiger partial charge in [-0.1, -0.05) is 13.8 Å². The van der Waals surface area contributed by atoms with Crippen molar-refractivity contribution >= 4 is 0 Å². The zero-order chi connectivity index (χ0) is 48.4. The van der Waals surface area contributed by atoms with Crippen LogP contribution < -0.4 is 0 Å². The van der Waals surface area contributed by atoms with Crippen molar-refractivity contribution in [2.24, 2.45) is 0 Å². The fourth-order valence-corrected chi connectivity index (χ4v) is 12.2. The average Bonchev–Trinajstić information content (AvgIpc) is 3.17. The lowest BCUT2D eigenvalue weighted by Crippen LogP contribution is -2.38. The summed E-state index contributed by atoms with van der Waals surface area (Å²) in [6.45, 7) is 29.2. The van der Waals surface area contributed by atoms with E-state index in [2.05, 4.69) is 96.9 Å². The van der Waals surface area contributed by atoms with Crippen LogP contribution in [0.5, 0.6) is 34.5 Å². The van der Waals surface area contributed by atoms with E-state index in [1.54, 1.807) is 0 Å². The standard InChI is InChI=1S/C60H66O6/c1-15-48-54(51-32(5)19-43(62)20-33(51)6)49(16-2)56(53-36(9)23-45(64)24-37(53)10)59(55(48)52-34(7)21-44(63)22-35(52)8)60(57-38(11)25-46(65)26-39(57)12,58-40(13)27-47(66)28-41(58)14)29-50-30(3)17-42(61)18-31(50)4/h17-28,61-66H,15-16,29H2,1-14H3. The Morgan fingerprint density at radius 1 is 0.273 bits per heavy atom. The molecule has 0 saturated carbocycles. The van der Waals surface area contributed by atoms with Gasteiger partial charge in [-0.3, -0.25) is 0 Å². The molecule has 0 bridgehead atoms. The fraction of sp³-hybridized carbons (Fsp3) is 0.300. The minimum absolute atomic E-state index is 0.159. The Labute approximate surface area is 391 Å². The third-order valence-electron chi connectivity index (χ3n) is 14.2. The number of aryl methyl sites for hydroxylation is 12. The zero-order valence-corrected chi connectivity index (χ0v) is 41.2. The van der Waals surface area contributed by atoms with E-state index in [0.29, 0.717) is 19.3 Å². The smallest absolute Gasteiger partial charge is 0.116 e. The Hall–Kier alpha value is -6.66. The second kappa shape index (κ2) is 17.6. The molecule has 7 aromatic rings. The maximum absolute atomic E-state index is 11.4. The Morgan fingerprint density at radius 2 is 0.500 bits per heavy atom. The van der Waals surface area contributed by atoms with Gasteiger partial charge >= 0.3 is 0 Å². The monoisotopic (exact) mass is 882 g/mol. The molecule has 342 valence electrons. The van der Waals surface area contributed by atoms with E-state index in [1.165, 1.54) is 0 Å². The molecule has 0 aliphatic heterocycles. The lowest BCUT2D eigenvalue weighted by molar-refractivity contribution is 0.470. The number of hydrogen-bond donors (Lipinski definition) is 6. The van der Waals surface area contributed by atoms with Crippen LogP contribution in [0.2, 0.25) is 0 Å². The lowest BCUT2D eigenvalue weighted by atomic mass is 9.56. The minimum Gasteiger partial charge on any atom is -0.508 e. The van der Waals surface area contributed by atoms with E-state index in [0.717, 1.165) is 134 Å². The van der Waals surface area contributed by atoms with Gasteiger partial charge < -0.3 is 30.6 Å². The molecule has 7 aromatic carbocycles. The van der Waals surface area contributed by atoms with Gasteiger partial charge in [0, 0.05) is 0 Å². The lowest BCUT2D eigenvalue weighted by Gasteiger charge is -2.45. The maximum Gasteiger partial charge on any atom is 0.116 e. The van der Waals surface area contributed by atoms with Crippen molar-refractivity contribution in [3.8, 4) is 67.9 Å². The van der Waals surface area contributed by atoms with Crippen LogP contribution in [0, 0.1) is 83.1 Å². The first kappa shape index (κ1) is 47.3. The average molecular weight is 883 g/mol. The van der Waals surface area contributed by atoms with E-state index >= 15 is 0 Å². The van der Waals surface area contributed by atoms with Gasteiger partial charge in [0.25, 0.3) is 0 Å². The third kappa shape index (κ3) is 7.84. The number of phenols is 6. The van der Waals surface area contributed by atoms with E-state index in [-0.39, 0.29) is 34.5 Å². The third-order valence-corrected chi connectivity index (χ3v) is 14.2. The summed E-state index contributed by atoms with van der Waals surface area (Å²) < 4.78 is 0. The summed E-state index contributed by atoms with van der Waals surface area (Å²) in [4.78, 5) is 0. The highest BCUT2D eigenvalue weighted by Crippen LogP contribution is 2.59. The van der Waals surface area contributed by atoms with Crippen LogP contribution in [0.4, 0.5) is 0 Å². The highest BCUT2D eigenvalue weighted by Gasteiger charge is 2.47. The molecular formula is C60H66O6. The van der Waals surface area contributed by atoms with Gasteiger partial charge in [0.1, 0.15) is 34.5 Å². The van der Waals surface area contributed by atoms with Crippen molar-refractivity contribution in [2.45, 2.75) is 122 Å². The van der Waals surface area contributed by atoms with Gasteiger partial charge in [-0.05, 0) is 309 Å². The quantitative estimate of drug-likeness (QED) is 0.0761. The molecule has 0 aliphatic rings. The first-order valence-corrected chi connectivity index (χ1v) is 23.1. The van der Waals surface area contributed by atoms with Gasteiger partial charge in [0.2, 0.25) is 0 Å². The molecule has 0 atom stereocenters. The molecule has 66 heavy (non-hydrogen) atoms. The Kier molecular flexibility index (Phi) is 12.6. The summed E-state index contributed by atoms with van der Waals surface area (Å²) in [5.41, 5.74) is 22.2. The Balaban J connectivity index is 2.02. The van der Waals surface area contributed by atoms with Gasteiger partial charge in [-0.2, -0.15) is 0 Å². The molecule has 0 saturated heterocycles. The Bertz CT molecular complexity index is 2830. The molecule has 0 unspecified atom stereocenters. The summed E-state index contributed by atoms with van der Waals surface area (Å²) in [6.07, 6.45) is 1.65. The second-order valence-electron chi connectivity index (χ2n) is 19.1. The largest absolute Gasteiger partial charge is 0.508 e. The molecule has 7 rings (SSSR count). The van der Waals surface area contributed by atoms with E-state index in [1.807, 2.05) is 72.8 Å². The van der Waals surface area contributed by atoms with Gasteiger partial charge in [0.15, 0.2) is 0 Å². The first-order valence-electron chi connectivity index (χ1n) is 23.1. The highest BCUT2D eigenvalue weighted by atomic mass is 16.3. The number of aromatic hydroxyl groups is 6. The maximum atomic E-state index is 11.4. The number of phenolic OH excluding ortho intramolecular Hbond substituents is 6. The summed E-state index contributed by atoms with van der Waals surface area (Å²) in [5, 5.41) is 67.5. The number of rotatable bonds is 10. The minimum atomic E-state index is -1.11. The van der Waals surface area contributed by atoms with Crippen molar-refractivity contribution in [1.82, 2.24) is 0 Å². The van der Waals surface area contributed by atoms with Crippen LogP contribution in [-0.4, -0.2) is 30.6 Å². The van der Waals surface area contributed by atoms with E-state index < -0.39 is 5.41 Å². The van der Waals surface area contributed by atoms with Gasteiger partial charge in [0.05, 0.1) is 5.41 Å². The molecule has 6 heteroatoms. The molecule has 0 fully saturated rings. The summed E-state index contributed by atoms with van der Waals surface area (Å²) in [7, 11) is 0. The van der Waals surface area contributed by atoms with Crippen LogP contribution >= 0.6 is 0 Å². The van der Waals surface area contributed by atoms with Crippen molar-refractivity contribution in [1.29, 1.82) is 0 Å². The summed E-state index contributed by atoms with van der Waals surface area (Å²) >= 11 is 0. The number of benzene rings is 7. The SMILES string of the molecule is CCc1c(-c2c(C)cc(O)cc2C)c(CC)c(-c2c(C)cc(O)cc2C)c(C(Cc2c(C)cc(O)cc2C)(c2c(C)cc(O)cc2C)c2c(C)cc(O)cc2C)c1-c1c(C)cc(O)cc1C. The molecule has 0 aromatic heterocycles. The van der Waals surface area contributed by atoms with Crippen molar-refractivity contribution in [3.63, 3.8) is 0 Å². The molecule has 0 spiro atoms. The normalized spacial score (nSPS) is 11.7. The van der Waals surface area contributed by atoms with Gasteiger partial charge in [-0.25, -0.2) is 0 Å². The molecule has 0 amide bonds. The van der Waals surface area contributed by atoms with E-state index in [4.69, 9.17) is 0 Å². The predicted octanol–water partition coefficient (Wildman–Crippen LogP) is 14.3. The van der Waals surface area contributed by atoms with Crippen molar-refractivity contribution < 1.29 is 30.6 Å². The highest BCUT2D eigenvalue weighted by molar-refractivity contribution is 5.98. The Morgan fingerprint density at radius 3 is 0.758 bits per heavy atom. The van der Waals surface area contributed by atoms with E-state index in [9.17, 15) is 30.6 Å². The summed E-state index contributed by atoms with van der Waals surface area (Å²) in [6, 6.07) is 22.1. The van der Waals surface area contributed by atoms with Crippen LogP contribution in [0.25, 0.3) is 33.4 Å². The molecule has 0 aliphatic carbocycles. The zero-order valence-electron chi connectivity index (χ0n) is 41.2. The molecular weight excluding hydrogens is 817 g/mol. The second-order valence-corrected chi connectivity index (χ2v) is 19.1. The fourth-order valence-electron chi connectivity index (χ4n) is 12.2. The van der Waals surface area contributed by atoms with Crippen LogP contribution in [0.1, 0.15) is 114 Å². The predicted molar refractivity (Wildman–Crippen MR) is 271 cm³/mol. The van der Waals surface area contributed by atoms with Crippen molar-refractivity contribution in [3.05, 3.63) is 173 Å². The van der Waals surface area contributed by atoms with Crippen LogP contribution in [0.15, 0.2) is 72.8 Å². The molecule has 6 nitrogen and oxygen atoms in total. The van der Waals surface area contributed by atoms with Gasteiger partial charge in [-0.15, -0.1) is 0 Å². The first-order chi connectivity index (χ1) is 31.0. The van der Waals surface area contributed by atoms with Crippen LogP contribution in [-0.2, 0) is 24.7 Å². The molecule has 6 N–H and O–H groups in total.